The quantitative estimate of drug-likeness (QED) is 0.775. The Labute approximate surface area is 181 Å². The minimum atomic E-state index is -4.40. The predicted octanol–water partition coefficient (Wildman–Crippen LogP) is 4.49. The molecule has 4 rings (SSSR count). The third-order valence-electron chi connectivity index (χ3n) is 6.50. The highest BCUT2D eigenvalue weighted by Gasteiger charge is 2.43. The van der Waals surface area contributed by atoms with E-state index in [1.807, 2.05) is 32.0 Å². The van der Waals surface area contributed by atoms with Crippen LogP contribution in [0.15, 0.2) is 48.5 Å². The number of halogens is 3. The van der Waals surface area contributed by atoms with Crippen LogP contribution in [-0.2, 0) is 17.4 Å². The molecule has 2 heterocycles. The van der Waals surface area contributed by atoms with Crippen LogP contribution >= 0.6 is 0 Å². The molecule has 0 radical (unpaired) electrons. The topological polar surface area (TPSA) is 35.6 Å². The average molecular weight is 432 g/mol. The van der Waals surface area contributed by atoms with Gasteiger partial charge in [0.1, 0.15) is 0 Å². The first-order chi connectivity index (χ1) is 14.8. The second-order valence-electron chi connectivity index (χ2n) is 8.51. The van der Waals surface area contributed by atoms with Gasteiger partial charge in [-0.15, -0.1) is 0 Å². The van der Waals surface area contributed by atoms with Crippen LogP contribution in [0.5, 0.6) is 0 Å². The van der Waals surface area contributed by atoms with Gasteiger partial charge in [0, 0.05) is 37.1 Å². The number of carbonyl (C=O) groups is 1. The smallest absolute Gasteiger partial charge is 0.368 e. The first-order valence-corrected chi connectivity index (χ1v) is 10.8. The Morgan fingerprint density at radius 1 is 1.16 bits per heavy atom. The second kappa shape index (κ2) is 8.44. The Balaban J connectivity index is 1.68. The maximum Gasteiger partial charge on any atom is 0.416 e. The number of hydrogen-bond donors (Lipinski definition) is 1. The Morgan fingerprint density at radius 3 is 2.58 bits per heavy atom. The monoisotopic (exact) mass is 431 g/mol. The van der Waals surface area contributed by atoms with E-state index in [1.54, 1.807) is 6.07 Å². The predicted molar refractivity (Wildman–Crippen MR) is 116 cm³/mol. The summed E-state index contributed by atoms with van der Waals surface area (Å²) in [6.07, 6.45) is -3.28. The molecule has 1 N–H and O–H groups in total. The molecule has 3 atom stereocenters. The van der Waals surface area contributed by atoms with Crippen LogP contribution in [0, 0.1) is 5.92 Å². The van der Waals surface area contributed by atoms with E-state index >= 15 is 0 Å². The Kier molecular flexibility index (Phi) is 5.86. The minimum Gasteiger partial charge on any atom is -0.368 e. The van der Waals surface area contributed by atoms with E-state index < -0.39 is 17.7 Å². The van der Waals surface area contributed by atoms with Gasteiger partial charge in [-0.25, -0.2) is 0 Å². The molecular formula is C24H28F3N3O. The average Bonchev–Trinajstić information content (AvgIpc) is 2.77. The van der Waals surface area contributed by atoms with Crippen LogP contribution in [0.25, 0.3) is 0 Å². The lowest BCUT2D eigenvalue weighted by atomic mass is 9.82. The number of rotatable bonds is 4. The number of piperazine rings is 1. The molecule has 4 nitrogen and oxygen atoms in total. The van der Waals surface area contributed by atoms with Crippen molar-refractivity contribution in [2.24, 2.45) is 5.92 Å². The van der Waals surface area contributed by atoms with Gasteiger partial charge in [0.05, 0.1) is 17.5 Å². The molecule has 1 fully saturated rings. The first kappa shape index (κ1) is 21.5. The van der Waals surface area contributed by atoms with Crippen molar-refractivity contribution < 1.29 is 18.0 Å². The van der Waals surface area contributed by atoms with Crippen molar-refractivity contribution in [1.82, 2.24) is 5.32 Å². The van der Waals surface area contributed by atoms with Crippen LogP contribution in [0.1, 0.15) is 31.4 Å². The molecule has 0 aliphatic carbocycles. The zero-order chi connectivity index (χ0) is 22.2. The van der Waals surface area contributed by atoms with Gasteiger partial charge in [-0.05, 0) is 55.7 Å². The lowest BCUT2D eigenvalue weighted by molar-refractivity contribution is -0.137. The number of alkyl halides is 3. The van der Waals surface area contributed by atoms with Crippen LogP contribution in [0.4, 0.5) is 24.5 Å². The molecule has 2 aromatic carbocycles. The largest absolute Gasteiger partial charge is 0.416 e. The molecule has 1 amide bonds. The van der Waals surface area contributed by atoms with E-state index in [0.29, 0.717) is 25.1 Å². The second-order valence-corrected chi connectivity index (χ2v) is 8.51. The number of carbonyl (C=O) groups excluding carboxylic acids is 1. The summed E-state index contributed by atoms with van der Waals surface area (Å²) in [4.78, 5) is 17.6. The Bertz CT molecular complexity index is 931. The van der Waals surface area contributed by atoms with Crippen molar-refractivity contribution in [3.05, 3.63) is 59.7 Å². The van der Waals surface area contributed by atoms with Gasteiger partial charge in [0.2, 0.25) is 5.91 Å². The van der Waals surface area contributed by atoms with E-state index in [0.717, 1.165) is 30.4 Å². The van der Waals surface area contributed by atoms with Crippen LogP contribution in [-0.4, -0.2) is 37.6 Å². The summed E-state index contributed by atoms with van der Waals surface area (Å²) in [5.74, 6) is -0.487. The van der Waals surface area contributed by atoms with Gasteiger partial charge in [-0.1, -0.05) is 25.1 Å². The van der Waals surface area contributed by atoms with E-state index in [4.69, 9.17) is 0 Å². The van der Waals surface area contributed by atoms with Crippen molar-refractivity contribution in [3.63, 3.8) is 0 Å². The summed E-state index contributed by atoms with van der Waals surface area (Å²) in [6, 6.07) is 13.9. The van der Waals surface area contributed by atoms with Gasteiger partial charge >= 0.3 is 6.18 Å². The standard InChI is InChI=1S/C24H28F3N3O/c1-3-16(2)28-23(31)20-14-17-13-18(24(25,26)27)9-10-21(17)30-12-11-29(15-22(20)30)19-7-5-4-6-8-19/h4-10,13,16,20,22H,3,11-12,14-15H2,1-2H3,(H,28,31)/t16-,20+,22+/m1/s1. The molecule has 0 saturated carbocycles. The highest BCUT2D eigenvalue weighted by molar-refractivity contribution is 5.82. The van der Waals surface area contributed by atoms with Crippen LogP contribution in [0.3, 0.4) is 0 Å². The van der Waals surface area contributed by atoms with E-state index in [2.05, 4.69) is 27.2 Å². The summed E-state index contributed by atoms with van der Waals surface area (Å²) in [7, 11) is 0. The lowest BCUT2D eigenvalue weighted by Gasteiger charge is -2.50. The van der Waals surface area contributed by atoms with E-state index in [9.17, 15) is 18.0 Å². The van der Waals surface area contributed by atoms with E-state index in [1.165, 1.54) is 6.07 Å². The molecule has 0 bridgehead atoms. The molecule has 2 aliphatic heterocycles. The lowest BCUT2D eigenvalue weighted by Crippen LogP contribution is -2.61. The number of para-hydroxylation sites is 1. The van der Waals surface area contributed by atoms with Crippen LogP contribution < -0.4 is 15.1 Å². The van der Waals surface area contributed by atoms with Gasteiger partial charge in [0.25, 0.3) is 0 Å². The fourth-order valence-electron chi connectivity index (χ4n) is 4.62. The SMILES string of the molecule is CC[C@@H](C)NC(=O)[C@H]1Cc2cc(C(F)(F)F)ccc2N2CCN(c3ccccc3)C[C@@H]12. The first-order valence-electron chi connectivity index (χ1n) is 10.8. The van der Waals surface area contributed by atoms with Crippen molar-refractivity contribution in [1.29, 1.82) is 0 Å². The normalized spacial score (nSPS) is 21.8. The summed E-state index contributed by atoms with van der Waals surface area (Å²) >= 11 is 0. The van der Waals surface area contributed by atoms with Crippen molar-refractivity contribution in [3.8, 4) is 0 Å². The Hall–Kier alpha value is -2.70. The number of benzene rings is 2. The summed E-state index contributed by atoms with van der Waals surface area (Å²) < 4.78 is 39.9. The molecule has 1 saturated heterocycles. The third kappa shape index (κ3) is 4.36. The van der Waals surface area contributed by atoms with Crippen LogP contribution in [0.2, 0.25) is 0 Å². The zero-order valence-electron chi connectivity index (χ0n) is 17.8. The molecule has 0 aromatic heterocycles. The molecule has 0 spiro atoms. The van der Waals surface area contributed by atoms with Gasteiger partial charge in [-0.2, -0.15) is 13.2 Å². The molecule has 166 valence electrons. The summed E-state index contributed by atoms with van der Waals surface area (Å²) in [5, 5.41) is 3.06. The number of hydrogen-bond acceptors (Lipinski definition) is 3. The molecule has 31 heavy (non-hydrogen) atoms. The zero-order valence-corrected chi connectivity index (χ0v) is 17.8. The molecule has 2 aromatic rings. The summed E-state index contributed by atoms with van der Waals surface area (Å²) in [6.45, 7) is 6.01. The van der Waals surface area contributed by atoms with Gasteiger partial charge < -0.3 is 15.1 Å². The number of nitrogens with one attached hydrogen (secondary N) is 1. The molecule has 2 aliphatic rings. The van der Waals surface area contributed by atoms with Crippen molar-refractivity contribution in [2.75, 3.05) is 29.4 Å². The maximum atomic E-state index is 13.3. The van der Waals surface area contributed by atoms with Crippen molar-refractivity contribution >= 4 is 17.3 Å². The van der Waals surface area contributed by atoms with E-state index in [-0.39, 0.29) is 18.0 Å². The molecule has 0 unspecified atom stereocenters. The third-order valence-corrected chi connectivity index (χ3v) is 6.50. The Morgan fingerprint density at radius 2 is 1.90 bits per heavy atom. The van der Waals surface area contributed by atoms with Gasteiger partial charge in [0.15, 0.2) is 0 Å². The molecule has 7 heteroatoms. The number of nitrogens with zero attached hydrogens (tertiary/aromatic N) is 2. The fraction of sp³-hybridized carbons (Fsp3) is 0.458. The highest BCUT2D eigenvalue weighted by Crippen LogP contribution is 2.40. The maximum absolute atomic E-state index is 13.3. The van der Waals surface area contributed by atoms with Gasteiger partial charge in [-0.3, -0.25) is 4.79 Å². The summed E-state index contributed by atoms with van der Waals surface area (Å²) in [5.41, 5.74) is 1.86. The minimum absolute atomic E-state index is 0.0256. The number of fused-ring (bicyclic) bond motifs is 3. The van der Waals surface area contributed by atoms with Crippen molar-refractivity contribution in [2.45, 2.75) is 44.9 Å². The molecular weight excluding hydrogens is 403 g/mol. The fourth-order valence-corrected chi connectivity index (χ4v) is 4.62. The number of anilines is 2. The number of amides is 1. The highest BCUT2D eigenvalue weighted by atomic mass is 19.4.